The Morgan fingerprint density at radius 2 is 2.07 bits per heavy atom. The third-order valence-electron chi connectivity index (χ3n) is 3.96. The number of ether oxygens (including phenoxy) is 1. The molecule has 142 valence electrons. The molecule has 0 aliphatic rings. The fraction of sp³-hybridized carbons (Fsp3) is 0.409. The zero-order valence-corrected chi connectivity index (χ0v) is 17.5. The van der Waals surface area contributed by atoms with Crippen LogP contribution in [0, 0.1) is 11.3 Å². The summed E-state index contributed by atoms with van der Waals surface area (Å²) in [7, 11) is 0. The van der Waals surface area contributed by atoms with Crippen LogP contribution in [0.2, 0.25) is 0 Å². The first-order valence-electron chi connectivity index (χ1n) is 9.33. The van der Waals surface area contributed by atoms with Crippen molar-refractivity contribution in [3.05, 3.63) is 52.6 Å². The van der Waals surface area contributed by atoms with Gasteiger partial charge in [-0.15, -0.1) is 10.2 Å². The van der Waals surface area contributed by atoms with Crippen LogP contribution < -0.4 is 4.74 Å². The Morgan fingerprint density at radius 3 is 2.74 bits per heavy atom. The minimum atomic E-state index is 0.0266. The van der Waals surface area contributed by atoms with Gasteiger partial charge >= 0.3 is 0 Å². The highest BCUT2D eigenvalue weighted by molar-refractivity contribution is 7.14. The van der Waals surface area contributed by atoms with E-state index in [4.69, 9.17) is 4.74 Å². The molecule has 1 aromatic heterocycles. The molecule has 0 spiro atoms. The normalized spacial score (nSPS) is 13.1. The Balaban J connectivity index is 2.16. The van der Waals surface area contributed by atoms with Crippen LogP contribution in [-0.4, -0.2) is 16.3 Å². The topological polar surface area (TPSA) is 58.8 Å². The van der Waals surface area contributed by atoms with Crippen molar-refractivity contribution in [2.24, 2.45) is 0 Å². The van der Waals surface area contributed by atoms with Crippen LogP contribution >= 0.6 is 11.3 Å². The molecular formula is C22H27N3OS. The van der Waals surface area contributed by atoms with Crippen molar-refractivity contribution in [1.82, 2.24) is 10.2 Å². The van der Waals surface area contributed by atoms with E-state index in [0.717, 1.165) is 28.4 Å². The number of allylic oxidation sites excluding steroid dienone is 4. The van der Waals surface area contributed by atoms with E-state index in [2.05, 4.69) is 55.3 Å². The lowest BCUT2D eigenvalue weighted by molar-refractivity contribution is 0.242. The van der Waals surface area contributed by atoms with Crippen LogP contribution in [0.1, 0.15) is 63.9 Å². The van der Waals surface area contributed by atoms with Crippen LogP contribution in [0.25, 0.3) is 10.6 Å². The molecule has 0 saturated carbocycles. The van der Waals surface area contributed by atoms with Gasteiger partial charge in [-0.05, 0) is 45.4 Å². The molecule has 4 nitrogen and oxygen atoms in total. The standard InChI is InChI=1S/C22H27N3OS/c1-6-8-16(4)9-7-10-17(5)21-24-25-22(27-21)18-11-12-20(26-15(2)3)19(13-18)14-23/h7,9-13,15,17H,6,8H2,1-5H3/b10-7-,16-9-. The van der Waals surface area contributed by atoms with Gasteiger partial charge in [0.25, 0.3) is 0 Å². The predicted octanol–water partition coefficient (Wildman–Crippen LogP) is 6.27. The number of nitrogens with zero attached hydrogens (tertiary/aromatic N) is 3. The van der Waals surface area contributed by atoms with Gasteiger partial charge in [0.1, 0.15) is 21.8 Å². The summed E-state index contributed by atoms with van der Waals surface area (Å²) in [5.41, 5.74) is 2.79. The Hall–Kier alpha value is -2.45. The van der Waals surface area contributed by atoms with Crippen molar-refractivity contribution in [3.63, 3.8) is 0 Å². The number of rotatable bonds is 8. The summed E-state index contributed by atoms with van der Waals surface area (Å²) in [5, 5.41) is 19.8. The highest BCUT2D eigenvalue weighted by Gasteiger charge is 2.13. The SMILES string of the molecule is CCC/C(C)=C\C=C/C(C)c1nnc(-c2ccc(OC(C)C)c(C#N)c2)s1. The lowest BCUT2D eigenvalue weighted by Gasteiger charge is -2.11. The maximum atomic E-state index is 9.40. The summed E-state index contributed by atoms with van der Waals surface area (Å²) in [6, 6.07) is 7.79. The molecule has 1 unspecified atom stereocenters. The summed E-state index contributed by atoms with van der Waals surface area (Å²) in [4.78, 5) is 0. The third kappa shape index (κ3) is 6.04. The highest BCUT2D eigenvalue weighted by Crippen LogP contribution is 2.31. The van der Waals surface area contributed by atoms with Crippen LogP contribution in [0.15, 0.2) is 42.0 Å². The van der Waals surface area contributed by atoms with Gasteiger partial charge in [-0.1, -0.05) is 55.4 Å². The summed E-state index contributed by atoms with van der Waals surface area (Å²) < 4.78 is 5.68. The maximum Gasteiger partial charge on any atom is 0.147 e. The molecule has 0 aliphatic heterocycles. The smallest absolute Gasteiger partial charge is 0.147 e. The lowest BCUT2D eigenvalue weighted by atomic mass is 10.1. The summed E-state index contributed by atoms with van der Waals surface area (Å²) >= 11 is 1.56. The van der Waals surface area contributed by atoms with Gasteiger partial charge in [0.05, 0.1) is 11.7 Å². The first kappa shape index (κ1) is 20.9. The summed E-state index contributed by atoms with van der Waals surface area (Å²) in [6.45, 7) is 10.3. The van der Waals surface area contributed by atoms with Gasteiger partial charge in [0.2, 0.25) is 0 Å². The number of aromatic nitrogens is 2. The molecule has 1 atom stereocenters. The minimum absolute atomic E-state index is 0.0266. The minimum Gasteiger partial charge on any atom is -0.490 e. The second kappa shape index (κ2) is 10.0. The maximum absolute atomic E-state index is 9.40. The monoisotopic (exact) mass is 381 g/mol. The number of hydrogen-bond donors (Lipinski definition) is 0. The van der Waals surface area contributed by atoms with Gasteiger partial charge < -0.3 is 4.74 Å². The number of nitriles is 1. The van der Waals surface area contributed by atoms with Gasteiger partial charge in [-0.3, -0.25) is 0 Å². The van der Waals surface area contributed by atoms with Gasteiger partial charge in [-0.25, -0.2) is 0 Å². The fourth-order valence-corrected chi connectivity index (χ4v) is 3.46. The van der Waals surface area contributed by atoms with Crippen molar-refractivity contribution >= 4 is 11.3 Å². The van der Waals surface area contributed by atoms with E-state index < -0.39 is 0 Å². The van der Waals surface area contributed by atoms with Crippen LogP contribution in [0.5, 0.6) is 5.75 Å². The molecule has 0 N–H and O–H groups in total. The Bertz CT molecular complexity index is 859. The van der Waals surface area contributed by atoms with Gasteiger partial charge in [0.15, 0.2) is 0 Å². The second-order valence-corrected chi connectivity index (χ2v) is 7.88. The molecule has 2 rings (SSSR count). The van der Waals surface area contributed by atoms with Crippen molar-refractivity contribution in [3.8, 4) is 22.4 Å². The van der Waals surface area contributed by atoms with Crippen molar-refractivity contribution in [2.45, 2.75) is 59.5 Å². The summed E-state index contributed by atoms with van der Waals surface area (Å²) in [6.07, 6.45) is 8.72. The summed E-state index contributed by atoms with van der Waals surface area (Å²) in [5.74, 6) is 0.799. The Labute approximate surface area is 166 Å². The van der Waals surface area contributed by atoms with E-state index in [1.165, 1.54) is 5.57 Å². The van der Waals surface area contributed by atoms with E-state index in [-0.39, 0.29) is 12.0 Å². The van der Waals surface area contributed by atoms with Crippen molar-refractivity contribution < 1.29 is 4.74 Å². The van der Waals surface area contributed by atoms with Gasteiger partial charge in [0, 0.05) is 11.5 Å². The average molecular weight is 382 g/mol. The molecule has 2 aromatic rings. The van der Waals surface area contributed by atoms with E-state index in [0.29, 0.717) is 11.3 Å². The average Bonchev–Trinajstić information content (AvgIpc) is 3.12. The number of benzene rings is 1. The van der Waals surface area contributed by atoms with E-state index in [9.17, 15) is 5.26 Å². The van der Waals surface area contributed by atoms with E-state index in [1.807, 2.05) is 32.0 Å². The molecule has 1 heterocycles. The molecule has 0 aliphatic carbocycles. The predicted molar refractivity (Wildman–Crippen MR) is 112 cm³/mol. The van der Waals surface area contributed by atoms with Crippen LogP contribution in [0.3, 0.4) is 0 Å². The largest absolute Gasteiger partial charge is 0.490 e. The molecule has 0 radical (unpaired) electrons. The molecule has 0 fully saturated rings. The molecule has 5 heteroatoms. The first-order chi connectivity index (χ1) is 12.9. The van der Waals surface area contributed by atoms with Gasteiger partial charge in [-0.2, -0.15) is 5.26 Å². The molecule has 0 bridgehead atoms. The van der Waals surface area contributed by atoms with Crippen molar-refractivity contribution in [2.75, 3.05) is 0 Å². The van der Waals surface area contributed by atoms with Crippen LogP contribution in [0.4, 0.5) is 0 Å². The van der Waals surface area contributed by atoms with Crippen molar-refractivity contribution in [1.29, 1.82) is 5.26 Å². The molecule has 0 amide bonds. The quantitative estimate of drug-likeness (QED) is 0.506. The zero-order chi connectivity index (χ0) is 19.8. The molecule has 1 aromatic carbocycles. The second-order valence-electron chi connectivity index (χ2n) is 6.87. The Kier molecular flexibility index (Phi) is 7.75. The third-order valence-corrected chi connectivity index (χ3v) is 5.14. The van der Waals surface area contributed by atoms with E-state index >= 15 is 0 Å². The zero-order valence-electron chi connectivity index (χ0n) is 16.7. The molecular weight excluding hydrogens is 354 g/mol. The first-order valence-corrected chi connectivity index (χ1v) is 10.1. The lowest BCUT2D eigenvalue weighted by Crippen LogP contribution is -2.06. The highest BCUT2D eigenvalue weighted by atomic mass is 32.1. The van der Waals surface area contributed by atoms with E-state index in [1.54, 1.807) is 11.3 Å². The fourth-order valence-electron chi connectivity index (χ4n) is 2.59. The molecule has 0 saturated heterocycles. The van der Waals surface area contributed by atoms with Crippen LogP contribution in [-0.2, 0) is 0 Å². The Morgan fingerprint density at radius 1 is 1.30 bits per heavy atom. The number of hydrogen-bond acceptors (Lipinski definition) is 5. The molecule has 27 heavy (non-hydrogen) atoms.